The first-order valence-corrected chi connectivity index (χ1v) is 7.42. The predicted molar refractivity (Wildman–Crippen MR) is 80.9 cm³/mol. The van der Waals surface area contributed by atoms with Crippen LogP contribution in [-0.4, -0.2) is 31.7 Å². The van der Waals surface area contributed by atoms with Gasteiger partial charge in [-0.1, -0.05) is 24.6 Å². The van der Waals surface area contributed by atoms with E-state index in [9.17, 15) is 4.79 Å². The highest BCUT2D eigenvalue weighted by atomic mass is 16.5. The molecule has 0 bridgehead atoms. The van der Waals surface area contributed by atoms with Gasteiger partial charge in [-0.15, -0.1) is 0 Å². The van der Waals surface area contributed by atoms with Gasteiger partial charge in [-0.3, -0.25) is 4.79 Å². The number of carbonyl (C=O) groups is 1. The Morgan fingerprint density at radius 2 is 2.25 bits per heavy atom. The lowest BCUT2D eigenvalue weighted by atomic mass is 10.0. The molecule has 0 aliphatic carbocycles. The molecule has 1 unspecified atom stereocenters. The van der Waals surface area contributed by atoms with Crippen LogP contribution in [0.4, 0.5) is 5.69 Å². The molecule has 20 heavy (non-hydrogen) atoms. The quantitative estimate of drug-likeness (QED) is 0.785. The number of aryl methyl sites for hydroxylation is 1. The highest BCUT2D eigenvalue weighted by molar-refractivity contribution is 5.92. The average Bonchev–Trinajstić information content (AvgIpc) is 2.47. The number of carbonyl (C=O) groups excluding carboxylic acids is 1. The standard InChI is InChI=1S/C16H24N2O2/c1-13-6-2-3-8-15(13)18-16(19)12-20-11-9-14-7-4-5-10-17-14/h2-3,6,8,14,17H,4-5,7,9-12H2,1H3,(H,18,19). The molecule has 0 saturated carbocycles. The van der Waals surface area contributed by atoms with Crippen molar-refractivity contribution in [1.82, 2.24) is 5.32 Å². The summed E-state index contributed by atoms with van der Waals surface area (Å²) in [4.78, 5) is 11.8. The molecule has 2 N–H and O–H groups in total. The van der Waals surface area contributed by atoms with Gasteiger partial charge in [-0.05, 0) is 44.4 Å². The molecule has 1 saturated heterocycles. The number of nitrogens with one attached hydrogen (secondary N) is 2. The number of hydrogen-bond acceptors (Lipinski definition) is 3. The van der Waals surface area contributed by atoms with Crippen molar-refractivity contribution in [1.29, 1.82) is 0 Å². The summed E-state index contributed by atoms with van der Waals surface area (Å²) in [5.74, 6) is -0.0871. The van der Waals surface area contributed by atoms with Crippen molar-refractivity contribution < 1.29 is 9.53 Å². The predicted octanol–water partition coefficient (Wildman–Crippen LogP) is 2.48. The topological polar surface area (TPSA) is 50.4 Å². The van der Waals surface area contributed by atoms with Gasteiger partial charge in [0.2, 0.25) is 5.91 Å². The van der Waals surface area contributed by atoms with Gasteiger partial charge >= 0.3 is 0 Å². The van der Waals surface area contributed by atoms with Gasteiger partial charge in [0.25, 0.3) is 0 Å². The van der Waals surface area contributed by atoms with Gasteiger partial charge in [-0.2, -0.15) is 0 Å². The number of benzene rings is 1. The van der Waals surface area contributed by atoms with Crippen molar-refractivity contribution in [3.8, 4) is 0 Å². The summed E-state index contributed by atoms with van der Waals surface area (Å²) < 4.78 is 5.46. The van der Waals surface area contributed by atoms with Crippen molar-refractivity contribution in [3.05, 3.63) is 29.8 Å². The fourth-order valence-electron chi connectivity index (χ4n) is 2.46. The zero-order valence-electron chi connectivity index (χ0n) is 12.2. The smallest absolute Gasteiger partial charge is 0.250 e. The second-order valence-electron chi connectivity index (χ2n) is 5.35. The van der Waals surface area contributed by atoms with Crippen molar-refractivity contribution >= 4 is 11.6 Å². The van der Waals surface area contributed by atoms with Gasteiger partial charge in [-0.25, -0.2) is 0 Å². The Morgan fingerprint density at radius 1 is 1.40 bits per heavy atom. The number of amides is 1. The largest absolute Gasteiger partial charge is 0.372 e. The van der Waals surface area contributed by atoms with Crippen LogP contribution in [0.3, 0.4) is 0 Å². The van der Waals surface area contributed by atoms with Crippen molar-refractivity contribution in [2.45, 2.75) is 38.6 Å². The van der Waals surface area contributed by atoms with Crippen LogP contribution in [0.15, 0.2) is 24.3 Å². The molecule has 0 spiro atoms. The molecule has 1 amide bonds. The molecule has 1 aromatic carbocycles. The van der Waals surface area contributed by atoms with Crippen LogP contribution in [0.5, 0.6) is 0 Å². The van der Waals surface area contributed by atoms with Gasteiger partial charge in [0.1, 0.15) is 6.61 Å². The third-order valence-corrected chi connectivity index (χ3v) is 3.68. The Kier molecular flexibility index (Phi) is 6.02. The van der Waals surface area contributed by atoms with Crippen LogP contribution in [0.25, 0.3) is 0 Å². The molecule has 1 atom stereocenters. The van der Waals surface area contributed by atoms with E-state index in [1.165, 1.54) is 19.3 Å². The third-order valence-electron chi connectivity index (χ3n) is 3.68. The summed E-state index contributed by atoms with van der Waals surface area (Å²) in [7, 11) is 0. The lowest BCUT2D eigenvalue weighted by Crippen LogP contribution is -2.35. The monoisotopic (exact) mass is 276 g/mol. The summed E-state index contributed by atoms with van der Waals surface area (Å²) in [6, 6.07) is 8.31. The van der Waals surface area contributed by atoms with E-state index in [-0.39, 0.29) is 12.5 Å². The van der Waals surface area contributed by atoms with E-state index in [1.54, 1.807) is 0 Å². The minimum absolute atomic E-state index is 0.0871. The zero-order chi connectivity index (χ0) is 14.2. The number of anilines is 1. The molecule has 0 radical (unpaired) electrons. The average molecular weight is 276 g/mol. The summed E-state index contributed by atoms with van der Waals surface area (Å²) in [5, 5.41) is 6.34. The van der Waals surface area contributed by atoms with E-state index in [0.717, 1.165) is 24.2 Å². The van der Waals surface area contributed by atoms with Crippen LogP contribution >= 0.6 is 0 Å². The first kappa shape index (κ1) is 15.0. The minimum atomic E-state index is -0.0871. The molecule has 4 nitrogen and oxygen atoms in total. The number of ether oxygens (including phenoxy) is 1. The first-order valence-electron chi connectivity index (χ1n) is 7.42. The maximum absolute atomic E-state index is 11.8. The summed E-state index contributed by atoms with van der Waals surface area (Å²) >= 11 is 0. The first-order chi connectivity index (χ1) is 9.75. The van der Waals surface area contributed by atoms with E-state index in [2.05, 4.69) is 10.6 Å². The second-order valence-corrected chi connectivity index (χ2v) is 5.35. The molecule has 4 heteroatoms. The lowest BCUT2D eigenvalue weighted by Gasteiger charge is -2.23. The van der Waals surface area contributed by atoms with Crippen LogP contribution < -0.4 is 10.6 Å². The fraction of sp³-hybridized carbons (Fsp3) is 0.562. The van der Waals surface area contributed by atoms with E-state index in [4.69, 9.17) is 4.74 Å². The number of rotatable bonds is 6. The molecule has 110 valence electrons. The molecule has 1 aliphatic rings. The second kappa shape index (κ2) is 8.02. The normalized spacial score (nSPS) is 18.8. The van der Waals surface area contributed by atoms with E-state index < -0.39 is 0 Å². The Balaban J connectivity index is 1.61. The number of para-hydroxylation sites is 1. The SMILES string of the molecule is Cc1ccccc1NC(=O)COCCC1CCCCN1. The Bertz CT molecular complexity index is 428. The summed E-state index contributed by atoms with van der Waals surface area (Å²) in [6.07, 6.45) is 4.78. The highest BCUT2D eigenvalue weighted by Crippen LogP contribution is 2.13. The number of hydrogen-bond donors (Lipinski definition) is 2. The molecule has 2 rings (SSSR count). The van der Waals surface area contributed by atoms with Crippen LogP contribution in [-0.2, 0) is 9.53 Å². The molecule has 1 fully saturated rings. The van der Waals surface area contributed by atoms with E-state index >= 15 is 0 Å². The third kappa shape index (κ3) is 4.94. The molecule has 1 aliphatic heterocycles. The van der Waals surface area contributed by atoms with Crippen molar-refractivity contribution in [2.75, 3.05) is 25.1 Å². The Morgan fingerprint density at radius 3 is 3.00 bits per heavy atom. The Hall–Kier alpha value is -1.39. The lowest BCUT2D eigenvalue weighted by molar-refractivity contribution is -0.120. The van der Waals surface area contributed by atoms with E-state index in [0.29, 0.717) is 12.6 Å². The van der Waals surface area contributed by atoms with Gasteiger partial charge in [0, 0.05) is 18.3 Å². The zero-order valence-corrected chi connectivity index (χ0v) is 12.2. The molecule has 0 aromatic heterocycles. The molecular weight excluding hydrogens is 252 g/mol. The van der Waals surface area contributed by atoms with E-state index in [1.807, 2.05) is 31.2 Å². The molecular formula is C16H24N2O2. The van der Waals surface area contributed by atoms with Gasteiger partial charge in [0.15, 0.2) is 0 Å². The van der Waals surface area contributed by atoms with Crippen molar-refractivity contribution in [2.24, 2.45) is 0 Å². The summed E-state index contributed by atoms with van der Waals surface area (Å²) in [6.45, 7) is 3.85. The molecule has 1 heterocycles. The highest BCUT2D eigenvalue weighted by Gasteiger charge is 2.12. The minimum Gasteiger partial charge on any atom is -0.372 e. The molecule has 1 aromatic rings. The van der Waals surface area contributed by atoms with Crippen LogP contribution in [0.2, 0.25) is 0 Å². The van der Waals surface area contributed by atoms with Crippen LogP contribution in [0.1, 0.15) is 31.2 Å². The number of piperidine rings is 1. The van der Waals surface area contributed by atoms with Crippen LogP contribution in [0, 0.1) is 6.92 Å². The van der Waals surface area contributed by atoms with Crippen molar-refractivity contribution in [3.63, 3.8) is 0 Å². The van der Waals surface area contributed by atoms with Gasteiger partial charge in [0.05, 0.1) is 0 Å². The fourth-order valence-corrected chi connectivity index (χ4v) is 2.46. The maximum atomic E-state index is 11.8. The Labute approximate surface area is 120 Å². The maximum Gasteiger partial charge on any atom is 0.250 e. The van der Waals surface area contributed by atoms with Gasteiger partial charge < -0.3 is 15.4 Å². The summed E-state index contributed by atoms with van der Waals surface area (Å²) in [5.41, 5.74) is 1.92.